The number of pyridine rings is 1. The summed E-state index contributed by atoms with van der Waals surface area (Å²) in [7, 11) is 0. The number of fused-ring (bicyclic) bond motifs is 1. The van der Waals surface area contributed by atoms with E-state index in [-0.39, 0.29) is 11.8 Å². The molecule has 1 aromatic carbocycles. The number of benzene rings is 1. The normalized spacial score (nSPS) is 10.6. The molecule has 19 heavy (non-hydrogen) atoms. The number of aliphatic carboxylic acids is 1. The predicted molar refractivity (Wildman–Crippen MR) is 71.6 cm³/mol. The van der Waals surface area contributed by atoms with Crippen molar-refractivity contribution < 1.29 is 14.6 Å². The molecule has 0 saturated carbocycles. The maximum Gasteiger partial charge on any atom is 0.305 e. The highest BCUT2D eigenvalue weighted by Crippen LogP contribution is 2.18. The van der Waals surface area contributed by atoms with Crippen LogP contribution in [0.5, 0.6) is 5.75 Å². The molecule has 2 aromatic rings. The maximum absolute atomic E-state index is 11.8. The lowest BCUT2D eigenvalue weighted by Gasteiger charge is -2.10. The average Bonchev–Trinajstić information content (AvgIpc) is 2.39. The van der Waals surface area contributed by atoms with Gasteiger partial charge in [0, 0.05) is 24.2 Å². The Morgan fingerprint density at radius 2 is 2.16 bits per heavy atom. The fourth-order valence-corrected chi connectivity index (χ4v) is 1.96. The van der Waals surface area contributed by atoms with Crippen molar-refractivity contribution in [1.82, 2.24) is 4.57 Å². The van der Waals surface area contributed by atoms with Crippen molar-refractivity contribution in [2.45, 2.75) is 19.9 Å². The van der Waals surface area contributed by atoms with Gasteiger partial charge in [-0.2, -0.15) is 0 Å². The summed E-state index contributed by atoms with van der Waals surface area (Å²) in [6.07, 6.45) is 1.64. The summed E-state index contributed by atoms with van der Waals surface area (Å²) >= 11 is 0. The molecule has 5 nitrogen and oxygen atoms in total. The minimum Gasteiger partial charge on any atom is -0.494 e. The predicted octanol–water partition coefficient (Wildman–Crippen LogP) is 1.87. The SMILES string of the molecule is CCOc1ccc2c(c1)c(=O)ccn2CCC(=O)O. The van der Waals surface area contributed by atoms with Crippen LogP contribution < -0.4 is 10.2 Å². The van der Waals surface area contributed by atoms with Gasteiger partial charge in [0.15, 0.2) is 5.43 Å². The van der Waals surface area contributed by atoms with E-state index in [2.05, 4.69) is 0 Å². The minimum absolute atomic E-state index is 0.0190. The van der Waals surface area contributed by atoms with Crippen molar-refractivity contribution in [2.24, 2.45) is 0 Å². The Morgan fingerprint density at radius 1 is 1.37 bits per heavy atom. The molecule has 0 unspecified atom stereocenters. The largest absolute Gasteiger partial charge is 0.494 e. The summed E-state index contributed by atoms with van der Waals surface area (Å²) in [6, 6.07) is 6.70. The third-order valence-electron chi connectivity index (χ3n) is 2.83. The fraction of sp³-hybridized carbons (Fsp3) is 0.286. The molecule has 1 aromatic heterocycles. The first-order valence-corrected chi connectivity index (χ1v) is 6.09. The highest BCUT2D eigenvalue weighted by Gasteiger charge is 2.06. The number of nitrogens with zero attached hydrogens (tertiary/aromatic N) is 1. The number of carbonyl (C=O) groups is 1. The molecule has 0 aliphatic rings. The third-order valence-corrected chi connectivity index (χ3v) is 2.83. The molecule has 100 valence electrons. The molecule has 1 N–H and O–H groups in total. The molecule has 0 aliphatic carbocycles. The van der Waals surface area contributed by atoms with Gasteiger partial charge in [0.25, 0.3) is 0 Å². The number of carboxylic acid groups (broad SMARTS) is 1. The van der Waals surface area contributed by atoms with E-state index in [9.17, 15) is 9.59 Å². The van der Waals surface area contributed by atoms with Crippen molar-refractivity contribution in [3.8, 4) is 5.75 Å². The van der Waals surface area contributed by atoms with Crippen LogP contribution in [0, 0.1) is 0 Å². The van der Waals surface area contributed by atoms with Crippen molar-refractivity contribution >= 4 is 16.9 Å². The number of ether oxygens (including phenoxy) is 1. The lowest BCUT2D eigenvalue weighted by Crippen LogP contribution is -2.10. The average molecular weight is 261 g/mol. The second-order valence-electron chi connectivity index (χ2n) is 4.13. The van der Waals surface area contributed by atoms with Crippen LogP contribution in [0.25, 0.3) is 10.9 Å². The van der Waals surface area contributed by atoms with Gasteiger partial charge in [0.2, 0.25) is 0 Å². The van der Waals surface area contributed by atoms with E-state index in [1.807, 2.05) is 6.92 Å². The Kier molecular flexibility index (Phi) is 3.85. The Hall–Kier alpha value is -2.30. The molecule has 0 saturated heterocycles. The van der Waals surface area contributed by atoms with Crippen LogP contribution in [0.2, 0.25) is 0 Å². The molecule has 0 spiro atoms. The first-order chi connectivity index (χ1) is 9.11. The molecule has 2 rings (SSSR count). The molecule has 0 fully saturated rings. The Balaban J connectivity index is 2.47. The quantitative estimate of drug-likeness (QED) is 0.892. The Morgan fingerprint density at radius 3 is 2.84 bits per heavy atom. The highest BCUT2D eigenvalue weighted by molar-refractivity contribution is 5.80. The summed E-state index contributed by atoms with van der Waals surface area (Å²) in [4.78, 5) is 22.5. The van der Waals surface area contributed by atoms with E-state index in [4.69, 9.17) is 9.84 Å². The van der Waals surface area contributed by atoms with Crippen LogP contribution in [0.15, 0.2) is 35.3 Å². The van der Waals surface area contributed by atoms with Gasteiger partial charge in [-0.3, -0.25) is 9.59 Å². The van der Waals surface area contributed by atoms with Gasteiger partial charge in [-0.15, -0.1) is 0 Å². The van der Waals surface area contributed by atoms with Crippen LogP contribution in [0.4, 0.5) is 0 Å². The monoisotopic (exact) mass is 261 g/mol. The van der Waals surface area contributed by atoms with Crippen LogP contribution in [-0.4, -0.2) is 22.2 Å². The molecule has 0 bridgehead atoms. The van der Waals surface area contributed by atoms with Crippen LogP contribution >= 0.6 is 0 Å². The fourth-order valence-electron chi connectivity index (χ4n) is 1.96. The van der Waals surface area contributed by atoms with Crippen molar-refractivity contribution in [2.75, 3.05) is 6.61 Å². The number of aryl methyl sites for hydroxylation is 1. The van der Waals surface area contributed by atoms with E-state index in [1.54, 1.807) is 29.0 Å². The Labute approximate surface area is 110 Å². The van der Waals surface area contributed by atoms with Gasteiger partial charge in [-0.1, -0.05) is 0 Å². The van der Waals surface area contributed by atoms with Gasteiger partial charge in [0.1, 0.15) is 5.75 Å². The molecule has 0 radical (unpaired) electrons. The summed E-state index contributed by atoms with van der Waals surface area (Å²) in [5, 5.41) is 9.26. The second kappa shape index (κ2) is 5.56. The van der Waals surface area contributed by atoms with Crippen molar-refractivity contribution in [3.05, 3.63) is 40.7 Å². The molecular weight excluding hydrogens is 246 g/mol. The number of carboxylic acids is 1. The first-order valence-electron chi connectivity index (χ1n) is 6.09. The molecule has 5 heteroatoms. The number of aromatic nitrogens is 1. The zero-order valence-electron chi connectivity index (χ0n) is 10.6. The number of hydrogen-bond acceptors (Lipinski definition) is 3. The number of hydrogen-bond donors (Lipinski definition) is 1. The zero-order chi connectivity index (χ0) is 13.8. The smallest absolute Gasteiger partial charge is 0.305 e. The summed E-state index contributed by atoms with van der Waals surface area (Å²) < 4.78 is 7.13. The Bertz CT molecular complexity index is 660. The first kappa shape index (κ1) is 13.1. The summed E-state index contributed by atoms with van der Waals surface area (Å²) in [5.41, 5.74) is 0.625. The molecule has 0 amide bonds. The van der Waals surface area contributed by atoms with E-state index < -0.39 is 5.97 Å². The second-order valence-corrected chi connectivity index (χ2v) is 4.13. The molecular formula is C14H15NO4. The van der Waals surface area contributed by atoms with Crippen LogP contribution in [0.3, 0.4) is 0 Å². The van der Waals surface area contributed by atoms with Gasteiger partial charge in [0.05, 0.1) is 18.5 Å². The van der Waals surface area contributed by atoms with E-state index in [0.29, 0.717) is 24.3 Å². The number of rotatable bonds is 5. The lowest BCUT2D eigenvalue weighted by atomic mass is 10.2. The minimum atomic E-state index is -0.863. The molecule has 0 aliphatic heterocycles. The zero-order valence-corrected chi connectivity index (χ0v) is 10.6. The summed E-state index contributed by atoms with van der Waals surface area (Å²) in [6.45, 7) is 2.74. The van der Waals surface area contributed by atoms with Crippen molar-refractivity contribution in [3.63, 3.8) is 0 Å². The molecule has 0 atom stereocenters. The van der Waals surface area contributed by atoms with Crippen LogP contribution in [-0.2, 0) is 11.3 Å². The molecule has 1 heterocycles. The van der Waals surface area contributed by atoms with E-state index in [1.165, 1.54) is 6.07 Å². The van der Waals surface area contributed by atoms with Gasteiger partial charge in [-0.25, -0.2) is 0 Å². The maximum atomic E-state index is 11.8. The van der Waals surface area contributed by atoms with Gasteiger partial charge in [-0.05, 0) is 25.1 Å². The van der Waals surface area contributed by atoms with Crippen molar-refractivity contribution in [1.29, 1.82) is 0 Å². The van der Waals surface area contributed by atoms with Crippen LogP contribution in [0.1, 0.15) is 13.3 Å². The van der Waals surface area contributed by atoms with E-state index in [0.717, 1.165) is 5.52 Å². The standard InChI is InChI=1S/C14H15NO4/c1-2-19-10-3-4-12-11(9-10)13(16)5-7-15(12)8-6-14(17)18/h3-5,7,9H,2,6,8H2,1H3,(H,17,18). The van der Waals surface area contributed by atoms with Gasteiger partial charge >= 0.3 is 5.97 Å². The topological polar surface area (TPSA) is 68.5 Å². The third kappa shape index (κ3) is 2.93. The summed E-state index contributed by atoms with van der Waals surface area (Å²) in [5.74, 6) is -0.221. The lowest BCUT2D eigenvalue weighted by molar-refractivity contribution is -0.137. The van der Waals surface area contributed by atoms with Gasteiger partial charge < -0.3 is 14.4 Å². The van der Waals surface area contributed by atoms with E-state index >= 15 is 0 Å². The highest BCUT2D eigenvalue weighted by atomic mass is 16.5.